The fourth-order valence-electron chi connectivity index (χ4n) is 2.10. The Morgan fingerprint density at radius 1 is 1.00 bits per heavy atom. The van der Waals surface area contributed by atoms with E-state index < -0.39 is 0 Å². The molecule has 1 aromatic heterocycles. The number of para-hydroxylation sites is 1. The summed E-state index contributed by atoms with van der Waals surface area (Å²) >= 11 is 6.00. The zero-order chi connectivity index (χ0) is 16.9. The molecule has 0 saturated heterocycles. The summed E-state index contributed by atoms with van der Waals surface area (Å²) in [4.78, 5) is 12.1. The lowest BCUT2D eigenvalue weighted by Crippen LogP contribution is -2.14. The van der Waals surface area contributed by atoms with Crippen LogP contribution in [0.2, 0.25) is 5.02 Å². The first-order valence-corrected chi connectivity index (χ1v) is 7.73. The molecule has 1 heterocycles. The van der Waals surface area contributed by atoms with Crippen LogP contribution in [0.25, 0.3) is 0 Å². The van der Waals surface area contributed by atoms with Gasteiger partial charge in [-0.15, -0.1) is 10.2 Å². The van der Waals surface area contributed by atoms with Crippen LogP contribution in [-0.2, 0) is 0 Å². The van der Waals surface area contributed by atoms with Crippen molar-refractivity contribution in [3.63, 3.8) is 0 Å². The van der Waals surface area contributed by atoms with E-state index in [-0.39, 0.29) is 11.6 Å². The first-order chi connectivity index (χ1) is 11.6. The molecule has 0 aliphatic heterocycles. The number of carbonyl (C=O) groups excluding carboxylic acids is 1. The smallest absolute Gasteiger partial charge is 0.276 e. The maximum absolute atomic E-state index is 12.1. The molecule has 120 valence electrons. The molecule has 0 aliphatic carbocycles. The number of hydrogen-bond donors (Lipinski definition) is 2. The van der Waals surface area contributed by atoms with E-state index in [9.17, 15) is 4.79 Å². The van der Waals surface area contributed by atoms with Gasteiger partial charge in [0, 0.05) is 16.4 Å². The van der Waals surface area contributed by atoms with E-state index >= 15 is 0 Å². The molecule has 2 aromatic carbocycles. The quantitative estimate of drug-likeness (QED) is 0.738. The summed E-state index contributed by atoms with van der Waals surface area (Å²) in [6, 6.07) is 18.1. The van der Waals surface area contributed by atoms with Gasteiger partial charge in [-0.05, 0) is 48.9 Å². The monoisotopic (exact) mass is 338 g/mol. The standard InChI is InChI=1S/C18H15ClN4O/c1-12-7-8-13(19)11-16(12)21-17-10-9-15(22-23-17)18(24)20-14-5-3-2-4-6-14/h2-11H,1H3,(H,20,24)(H,21,23). The Labute approximate surface area is 144 Å². The molecule has 3 rings (SSSR count). The molecule has 5 nitrogen and oxygen atoms in total. The fourth-order valence-corrected chi connectivity index (χ4v) is 2.28. The molecule has 0 spiro atoms. The third kappa shape index (κ3) is 3.88. The Kier molecular flexibility index (Phi) is 4.72. The van der Waals surface area contributed by atoms with Crippen molar-refractivity contribution in [1.29, 1.82) is 0 Å². The van der Waals surface area contributed by atoms with Crippen molar-refractivity contribution < 1.29 is 4.79 Å². The molecular weight excluding hydrogens is 324 g/mol. The number of halogens is 1. The summed E-state index contributed by atoms with van der Waals surface area (Å²) in [7, 11) is 0. The summed E-state index contributed by atoms with van der Waals surface area (Å²) in [6.07, 6.45) is 0. The van der Waals surface area contributed by atoms with Crippen LogP contribution in [0.15, 0.2) is 60.7 Å². The van der Waals surface area contributed by atoms with Gasteiger partial charge in [-0.25, -0.2) is 0 Å². The van der Waals surface area contributed by atoms with Crippen LogP contribution in [0.4, 0.5) is 17.2 Å². The van der Waals surface area contributed by atoms with Crippen LogP contribution in [0.5, 0.6) is 0 Å². The molecule has 3 aromatic rings. The third-order valence-corrected chi connectivity index (χ3v) is 3.63. The van der Waals surface area contributed by atoms with Gasteiger partial charge in [0.15, 0.2) is 11.5 Å². The molecule has 0 fully saturated rings. The van der Waals surface area contributed by atoms with Crippen molar-refractivity contribution in [2.75, 3.05) is 10.6 Å². The van der Waals surface area contributed by atoms with Gasteiger partial charge < -0.3 is 10.6 Å². The van der Waals surface area contributed by atoms with Crippen molar-refractivity contribution in [2.24, 2.45) is 0 Å². The highest BCUT2D eigenvalue weighted by Gasteiger charge is 2.09. The predicted molar refractivity (Wildman–Crippen MR) is 95.9 cm³/mol. The average Bonchev–Trinajstić information content (AvgIpc) is 2.60. The highest BCUT2D eigenvalue weighted by atomic mass is 35.5. The number of anilines is 3. The molecule has 2 N–H and O–H groups in total. The molecule has 0 radical (unpaired) electrons. The summed E-state index contributed by atoms with van der Waals surface area (Å²) in [5, 5.41) is 14.5. The van der Waals surface area contributed by atoms with E-state index in [4.69, 9.17) is 11.6 Å². The lowest BCUT2D eigenvalue weighted by atomic mass is 10.2. The summed E-state index contributed by atoms with van der Waals surface area (Å²) in [5.74, 6) is 0.232. The normalized spacial score (nSPS) is 10.2. The van der Waals surface area contributed by atoms with Gasteiger partial charge in [0.1, 0.15) is 0 Å². The third-order valence-electron chi connectivity index (χ3n) is 3.39. The van der Waals surface area contributed by atoms with Crippen molar-refractivity contribution >= 4 is 34.7 Å². The number of aromatic nitrogens is 2. The minimum atomic E-state index is -0.306. The zero-order valence-corrected chi connectivity index (χ0v) is 13.7. The Balaban J connectivity index is 1.71. The Bertz CT molecular complexity index is 851. The van der Waals surface area contributed by atoms with Crippen LogP contribution in [0, 0.1) is 6.92 Å². The maximum Gasteiger partial charge on any atom is 0.276 e. The summed E-state index contributed by atoms with van der Waals surface area (Å²) in [5.41, 5.74) is 2.83. The molecular formula is C18H15ClN4O. The molecule has 0 aliphatic rings. The van der Waals surface area contributed by atoms with E-state index in [0.29, 0.717) is 16.5 Å². The summed E-state index contributed by atoms with van der Waals surface area (Å²) in [6.45, 7) is 1.97. The average molecular weight is 339 g/mol. The fraction of sp³-hybridized carbons (Fsp3) is 0.0556. The molecule has 0 saturated carbocycles. The van der Waals surface area contributed by atoms with Crippen LogP contribution >= 0.6 is 11.6 Å². The lowest BCUT2D eigenvalue weighted by Gasteiger charge is -2.09. The zero-order valence-electron chi connectivity index (χ0n) is 13.0. The Morgan fingerprint density at radius 2 is 1.79 bits per heavy atom. The van der Waals surface area contributed by atoms with Gasteiger partial charge in [-0.2, -0.15) is 0 Å². The van der Waals surface area contributed by atoms with Crippen LogP contribution in [-0.4, -0.2) is 16.1 Å². The van der Waals surface area contributed by atoms with E-state index in [0.717, 1.165) is 11.3 Å². The van der Waals surface area contributed by atoms with Gasteiger partial charge in [0.2, 0.25) is 0 Å². The van der Waals surface area contributed by atoms with E-state index in [1.807, 2.05) is 55.5 Å². The molecule has 0 unspecified atom stereocenters. The van der Waals surface area contributed by atoms with Crippen molar-refractivity contribution in [3.05, 3.63) is 76.9 Å². The van der Waals surface area contributed by atoms with E-state index in [2.05, 4.69) is 20.8 Å². The molecule has 1 amide bonds. The Hall–Kier alpha value is -2.92. The molecule has 0 bridgehead atoms. The number of benzene rings is 2. The highest BCUT2D eigenvalue weighted by Crippen LogP contribution is 2.23. The number of amides is 1. The van der Waals surface area contributed by atoms with Crippen molar-refractivity contribution in [3.8, 4) is 0 Å². The molecule has 0 atom stereocenters. The predicted octanol–water partition coefficient (Wildman–Crippen LogP) is 4.43. The van der Waals surface area contributed by atoms with Crippen molar-refractivity contribution in [1.82, 2.24) is 10.2 Å². The van der Waals surface area contributed by atoms with E-state index in [1.54, 1.807) is 12.1 Å². The van der Waals surface area contributed by atoms with Gasteiger partial charge in [-0.3, -0.25) is 4.79 Å². The minimum Gasteiger partial charge on any atom is -0.338 e. The number of nitrogens with zero attached hydrogens (tertiary/aromatic N) is 2. The second-order valence-corrected chi connectivity index (χ2v) is 5.64. The number of aryl methyl sites for hydroxylation is 1. The van der Waals surface area contributed by atoms with Gasteiger partial charge in [-0.1, -0.05) is 35.9 Å². The number of hydrogen-bond acceptors (Lipinski definition) is 4. The number of rotatable bonds is 4. The lowest BCUT2D eigenvalue weighted by molar-refractivity contribution is 0.102. The number of carbonyl (C=O) groups is 1. The second-order valence-electron chi connectivity index (χ2n) is 5.21. The summed E-state index contributed by atoms with van der Waals surface area (Å²) < 4.78 is 0. The van der Waals surface area contributed by atoms with Crippen molar-refractivity contribution in [2.45, 2.75) is 6.92 Å². The topological polar surface area (TPSA) is 66.9 Å². The minimum absolute atomic E-state index is 0.243. The molecule has 6 heteroatoms. The first-order valence-electron chi connectivity index (χ1n) is 7.35. The van der Waals surface area contributed by atoms with Gasteiger partial charge >= 0.3 is 0 Å². The van der Waals surface area contributed by atoms with Gasteiger partial charge in [0.25, 0.3) is 5.91 Å². The van der Waals surface area contributed by atoms with E-state index in [1.165, 1.54) is 0 Å². The van der Waals surface area contributed by atoms with Crippen LogP contribution in [0.3, 0.4) is 0 Å². The van der Waals surface area contributed by atoms with Crippen LogP contribution < -0.4 is 10.6 Å². The van der Waals surface area contributed by atoms with Gasteiger partial charge in [0.05, 0.1) is 0 Å². The first kappa shape index (κ1) is 16.0. The molecule has 24 heavy (non-hydrogen) atoms. The largest absolute Gasteiger partial charge is 0.338 e. The Morgan fingerprint density at radius 3 is 2.50 bits per heavy atom. The number of nitrogens with one attached hydrogen (secondary N) is 2. The van der Waals surface area contributed by atoms with Crippen LogP contribution in [0.1, 0.15) is 16.1 Å². The second kappa shape index (κ2) is 7.10. The maximum atomic E-state index is 12.1. The highest BCUT2D eigenvalue weighted by molar-refractivity contribution is 6.30. The SMILES string of the molecule is Cc1ccc(Cl)cc1Nc1ccc(C(=O)Nc2ccccc2)nn1.